The molecule has 2 fully saturated rings. The molecule has 1 amide bonds. The summed E-state index contributed by atoms with van der Waals surface area (Å²) in [4.78, 5) is 13.8. The van der Waals surface area contributed by atoms with Crippen LogP contribution in [0.3, 0.4) is 0 Å². The Morgan fingerprint density at radius 1 is 1.35 bits per heavy atom. The van der Waals surface area contributed by atoms with Crippen LogP contribution in [-0.4, -0.2) is 48.3 Å². The van der Waals surface area contributed by atoms with Crippen LogP contribution in [0, 0.1) is 5.41 Å². The third-order valence-corrected chi connectivity index (χ3v) is 7.19. The van der Waals surface area contributed by atoms with E-state index in [4.69, 9.17) is 17.0 Å². The molecular formula is C19H24BrN3O2S. The molecule has 0 bridgehead atoms. The Bertz CT molecular complexity index is 776. The molecule has 1 N–H and O–H groups in total. The van der Waals surface area contributed by atoms with Crippen LogP contribution in [0.15, 0.2) is 22.7 Å². The van der Waals surface area contributed by atoms with Crippen molar-refractivity contribution in [1.82, 2.24) is 15.3 Å². The molecule has 26 heavy (non-hydrogen) atoms. The van der Waals surface area contributed by atoms with Crippen molar-refractivity contribution < 1.29 is 9.53 Å². The number of nitrogens with zero attached hydrogens (tertiary/aromatic N) is 2. The zero-order valence-electron chi connectivity index (χ0n) is 15.3. The molecule has 2 spiro atoms. The number of ether oxygens (including phenoxy) is 1. The fraction of sp³-hybridized carbons (Fsp3) is 0.579. The van der Waals surface area contributed by atoms with Gasteiger partial charge in [-0.05, 0) is 67.6 Å². The highest BCUT2D eigenvalue weighted by Crippen LogP contribution is 2.60. The summed E-state index contributed by atoms with van der Waals surface area (Å²) in [6, 6.07) is 6.31. The second-order valence-electron chi connectivity index (χ2n) is 7.84. The summed E-state index contributed by atoms with van der Waals surface area (Å²) in [5, 5.41) is 7.36. The number of methoxy groups -OCH3 is 1. The Kier molecular flexibility index (Phi) is 4.42. The van der Waals surface area contributed by atoms with Crippen molar-refractivity contribution in [2.24, 2.45) is 5.41 Å². The smallest absolute Gasteiger partial charge is 0.274 e. The summed E-state index contributed by atoms with van der Waals surface area (Å²) in [6.07, 6.45) is 5.01. The Hall–Kier alpha value is -1.02. The van der Waals surface area contributed by atoms with Crippen molar-refractivity contribution in [2.45, 2.75) is 43.7 Å². The molecule has 1 heterocycles. The normalized spacial score (nSPS) is 33.4. The number of fused-ring (bicyclic) bond motifs is 3. The molecular weight excluding hydrogens is 414 g/mol. The molecule has 5 nitrogen and oxygen atoms in total. The van der Waals surface area contributed by atoms with E-state index in [2.05, 4.69) is 39.4 Å². The van der Waals surface area contributed by atoms with E-state index in [0.29, 0.717) is 5.11 Å². The molecule has 4 rings (SSSR count). The van der Waals surface area contributed by atoms with Gasteiger partial charge in [-0.1, -0.05) is 22.0 Å². The molecule has 7 heteroatoms. The SMILES string of the molecule is COC1CCC2(CC1)Cc1ccc(Br)cc1C21NC(=S)N(N(C)C)C1=O. The fourth-order valence-electron chi connectivity index (χ4n) is 5.19. The lowest BCUT2D eigenvalue weighted by Crippen LogP contribution is -2.57. The van der Waals surface area contributed by atoms with Crippen molar-refractivity contribution >= 4 is 39.2 Å². The number of rotatable bonds is 2. The van der Waals surface area contributed by atoms with E-state index < -0.39 is 5.54 Å². The molecule has 1 aromatic carbocycles. The molecule has 1 unspecified atom stereocenters. The van der Waals surface area contributed by atoms with Crippen LogP contribution in [0.4, 0.5) is 0 Å². The van der Waals surface area contributed by atoms with E-state index in [-0.39, 0.29) is 17.4 Å². The van der Waals surface area contributed by atoms with Gasteiger partial charge < -0.3 is 10.1 Å². The predicted molar refractivity (Wildman–Crippen MR) is 107 cm³/mol. The predicted octanol–water partition coefficient (Wildman–Crippen LogP) is 2.97. The third-order valence-electron chi connectivity index (χ3n) is 6.42. The summed E-state index contributed by atoms with van der Waals surface area (Å²) in [6.45, 7) is 0. The van der Waals surface area contributed by atoms with Gasteiger partial charge >= 0.3 is 0 Å². The van der Waals surface area contributed by atoms with Gasteiger partial charge in [-0.3, -0.25) is 4.79 Å². The number of carbonyl (C=O) groups is 1. The summed E-state index contributed by atoms with van der Waals surface area (Å²) >= 11 is 9.17. The van der Waals surface area contributed by atoms with Crippen LogP contribution in [-0.2, 0) is 21.5 Å². The molecule has 1 atom stereocenters. The average Bonchev–Trinajstić information content (AvgIpc) is 3.02. The van der Waals surface area contributed by atoms with E-state index >= 15 is 0 Å². The molecule has 2 aliphatic carbocycles. The van der Waals surface area contributed by atoms with Crippen LogP contribution in [0.2, 0.25) is 0 Å². The number of amides is 1. The van der Waals surface area contributed by atoms with Gasteiger partial charge in [-0.25, -0.2) is 10.0 Å². The van der Waals surface area contributed by atoms with Crippen LogP contribution in [0.1, 0.15) is 36.8 Å². The van der Waals surface area contributed by atoms with Crippen molar-refractivity contribution in [2.75, 3.05) is 21.2 Å². The summed E-state index contributed by atoms with van der Waals surface area (Å²) in [5.41, 5.74) is 1.36. The number of hydrazine groups is 1. The lowest BCUT2D eigenvalue weighted by Gasteiger charge is -2.46. The second kappa shape index (κ2) is 6.26. The Labute approximate surface area is 168 Å². The van der Waals surface area contributed by atoms with E-state index in [0.717, 1.165) is 42.1 Å². The maximum atomic E-state index is 13.8. The molecule has 1 aromatic rings. The lowest BCUT2D eigenvalue weighted by molar-refractivity contribution is -0.146. The highest BCUT2D eigenvalue weighted by Gasteiger charge is 2.67. The van der Waals surface area contributed by atoms with Crippen LogP contribution >= 0.6 is 28.1 Å². The van der Waals surface area contributed by atoms with Gasteiger partial charge in [0.05, 0.1) is 6.10 Å². The van der Waals surface area contributed by atoms with Gasteiger partial charge in [0, 0.05) is 31.1 Å². The van der Waals surface area contributed by atoms with Gasteiger partial charge in [-0.2, -0.15) is 0 Å². The van der Waals surface area contributed by atoms with Crippen molar-refractivity contribution in [3.05, 3.63) is 33.8 Å². The zero-order chi connectivity index (χ0) is 18.7. The highest BCUT2D eigenvalue weighted by molar-refractivity contribution is 9.10. The Morgan fingerprint density at radius 2 is 2.04 bits per heavy atom. The topological polar surface area (TPSA) is 44.8 Å². The van der Waals surface area contributed by atoms with Gasteiger partial charge in [0.25, 0.3) is 5.91 Å². The molecule has 1 saturated heterocycles. The molecule has 0 radical (unpaired) electrons. The summed E-state index contributed by atoms with van der Waals surface area (Å²) in [5.74, 6) is 0.0419. The number of thiocarbonyl (C=S) groups is 1. The largest absolute Gasteiger partial charge is 0.381 e. The standard InChI is InChI=1S/C19H24BrN3O2S/c1-22(2)23-16(24)19(21-17(23)26)15-10-13(20)5-4-12(15)11-18(19)8-6-14(25-3)7-9-18/h4-5,10,14H,6-9,11H2,1-3H3,(H,21,26). The van der Waals surface area contributed by atoms with Crippen LogP contribution in [0.5, 0.6) is 0 Å². The highest BCUT2D eigenvalue weighted by atomic mass is 79.9. The molecule has 1 aliphatic heterocycles. The van der Waals surface area contributed by atoms with E-state index in [1.54, 1.807) is 17.1 Å². The van der Waals surface area contributed by atoms with E-state index in [1.807, 2.05) is 14.1 Å². The van der Waals surface area contributed by atoms with Gasteiger partial charge in [0.1, 0.15) is 0 Å². The quantitative estimate of drug-likeness (QED) is 0.720. The monoisotopic (exact) mass is 437 g/mol. The van der Waals surface area contributed by atoms with Crippen molar-refractivity contribution in [3.8, 4) is 0 Å². The first-order valence-electron chi connectivity index (χ1n) is 9.00. The Balaban J connectivity index is 1.87. The number of carbonyl (C=O) groups excluding carboxylic acids is 1. The number of halogens is 1. The maximum Gasteiger partial charge on any atom is 0.274 e. The van der Waals surface area contributed by atoms with Crippen molar-refractivity contribution in [3.63, 3.8) is 0 Å². The van der Waals surface area contributed by atoms with Crippen LogP contribution < -0.4 is 5.32 Å². The van der Waals surface area contributed by atoms with Gasteiger partial charge in [0.2, 0.25) is 0 Å². The first-order valence-corrected chi connectivity index (χ1v) is 10.2. The minimum Gasteiger partial charge on any atom is -0.381 e. The van der Waals surface area contributed by atoms with Crippen molar-refractivity contribution in [1.29, 1.82) is 0 Å². The second-order valence-corrected chi connectivity index (χ2v) is 9.14. The fourth-order valence-corrected chi connectivity index (χ4v) is 5.95. The third kappa shape index (κ3) is 2.33. The first-order chi connectivity index (χ1) is 12.3. The van der Waals surface area contributed by atoms with E-state index in [9.17, 15) is 4.79 Å². The Morgan fingerprint density at radius 3 is 2.62 bits per heavy atom. The number of hydrogen-bond acceptors (Lipinski definition) is 4. The van der Waals surface area contributed by atoms with Gasteiger partial charge in [0.15, 0.2) is 10.7 Å². The summed E-state index contributed by atoms with van der Waals surface area (Å²) < 4.78 is 6.58. The van der Waals surface area contributed by atoms with E-state index in [1.165, 1.54) is 5.56 Å². The number of hydrogen-bond donors (Lipinski definition) is 1. The minimum absolute atomic E-state index is 0.0419. The molecule has 140 valence electrons. The number of benzene rings is 1. The van der Waals surface area contributed by atoms with Gasteiger partial charge in [-0.15, -0.1) is 0 Å². The maximum absolute atomic E-state index is 13.8. The first kappa shape index (κ1) is 18.3. The molecule has 0 aromatic heterocycles. The molecule has 1 saturated carbocycles. The summed E-state index contributed by atoms with van der Waals surface area (Å²) in [7, 11) is 5.49. The number of nitrogens with one attached hydrogen (secondary N) is 1. The zero-order valence-corrected chi connectivity index (χ0v) is 17.7. The average molecular weight is 438 g/mol. The minimum atomic E-state index is -0.786. The van der Waals surface area contributed by atoms with Crippen LogP contribution in [0.25, 0.3) is 0 Å². The molecule has 3 aliphatic rings. The lowest BCUT2D eigenvalue weighted by atomic mass is 9.61.